The van der Waals surface area contributed by atoms with E-state index in [2.05, 4.69) is 51.8 Å². The Labute approximate surface area is 329 Å². The molecule has 0 saturated heterocycles. The number of nitrogens with one attached hydrogen (secondary N) is 2. The van der Waals surface area contributed by atoms with Gasteiger partial charge < -0.3 is 24.8 Å². The predicted molar refractivity (Wildman–Crippen MR) is 218 cm³/mol. The van der Waals surface area contributed by atoms with E-state index >= 15 is 0 Å². The minimum absolute atomic E-state index is 0.0128. The second-order valence-corrected chi connectivity index (χ2v) is 18.9. The summed E-state index contributed by atoms with van der Waals surface area (Å²) in [5.41, 5.74) is 1.87. The van der Waals surface area contributed by atoms with Crippen LogP contribution in [0.4, 0.5) is 4.79 Å². The summed E-state index contributed by atoms with van der Waals surface area (Å²) in [7, 11) is 1.66. The molecule has 5 atom stereocenters. The van der Waals surface area contributed by atoms with Gasteiger partial charge in [-0.2, -0.15) is 0 Å². The van der Waals surface area contributed by atoms with Crippen molar-refractivity contribution < 1.29 is 33.4 Å². The highest BCUT2D eigenvalue weighted by molar-refractivity contribution is 8.03. The van der Waals surface area contributed by atoms with E-state index in [1.807, 2.05) is 71.9 Å². The lowest BCUT2D eigenvalue weighted by Gasteiger charge is -2.38. The first-order chi connectivity index (χ1) is 24.9. The lowest BCUT2D eigenvalue weighted by atomic mass is 9.71. The minimum Gasteiger partial charge on any atom is -0.461 e. The molecule has 0 aromatic heterocycles. The zero-order valence-corrected chi connectivity index (χ0v) is 36.0. The van der Waals surface area contributed by atoms with E-state index in [-0.39, 0.29) is 54.2 Å². The average molecular weight is 770 g/mol. The Kier molecular flexibility index (Phi) is 17.0. The molecule has 0 radical (unpaired) electrons. The molecular formula is C43H67N3O7S. The smallest absolute Gasteiger partial charge is 0.414 e. The molecule has 0 aliphatic carbocycles. The number of allylic oxidation sites excluding steroid dienone is 1. The van der Waals surface area contributed by atoms with E-state index in [1.165, 1.54) is 22.7 Å². The van der Waals surface area contributed by atoms with Crippen molar-refractivity contribution in [2.24, 2.45) is 16.7 Å². The minimum atomic E-state index is -0.971. The van der Waals surface area contributed by atoms with Crippen molar-refractivity contribution in [3.05, 3.63) is 70.9 Å². The first-order valence-corrected chi connectivity index (χ1v) is 19.9. The van der Waals surface area contributed by atoms with E-state index < -0.39 is 28.6 Å². The van der Waals surface area contributed by atoms with Gasteiger partial charge in [-0.1, -0.05) is 108 Å². The van der Waals surface area contributed by atoms with Gasteiger partial charge in [0.15, 0.2) is 0 Å². The topological polar surface area (TPSA) is 123 Å². The van der Waals surface area contributed by atoms with Crippen molar-refractivity contribution in [1.29, 1.82) is 0 Å². The molecule has 1 aliphatic rings. The van der Waals surface area contributed by atoms with Crippen LogP contribution in [0.1, 0.15) is 121 Å². The number of thioether (sulfide) groups is 1. The molecule has 1 aromatic carbocycles. The average Bonchev–Trinajstić information content (AvgIpc) is 3.46. The molecule has 54 heavy (non-hydrogen) atoms. The van der Waals surface area contributed by atoms with Crippen molar-refractivity contribution in [2.75, 3.05) is 13.7 Å². The van der Waals surface area contributed by atoms with Crippen LogP contribution in [0.25, 0.3) is 0 Å². The van der Waals surface area contributed by atoms with Crippen molar-refractivity contribution in [1.82, 2.24) is 15.5 Å². The van der Waals surface area contributed by atoms with Crippen LogP contribution in [-0.2, 0) is 35.0 Å². The van der Waals surface area contributed by atoms with Gasteiger partial charge in [-0.25, -0.2) is 4.79 Å². The number of ether oxygens (including phenoxy) is 3. The van der Waals surface area contributed by atoms with Crippen LogP contribution in [0, 0.1) is 16.7 Å². The van der Waals surface area contributed by atoms with Crippen LogP contribution in [0.2, 0.25) is 0 Å². The monoisotopic (exact) mass is 769 g/mol. The number of amides is 2. The van der Waals surface area contributed by atoms with Crippen LogP contribution in [-0.4, -0.2) is 65.1 Å². The summed E-state index contributed by atoms with van der Waals surface area (Å²) in [4.78, 5) is 54.3. The highest BCUT2D eigenvalue weighted by Gasteiger charge is 2.45. The van der Waals surface area contributed by atoms with Gasteiger partial charge in [-0.3, -0.25) is 19.3 Å². The van der Waals surface area contributed by atoms with Gasteiger partial charge in [0.25, 0.3) is 5.91 Å². The van der Waals surface area contributed by atoms with E-state index in [4.69, 9.17) is 14.2 Å². The Morgan fingerprint density at radius 1 is 1.06 bits per heavy atom. The van der Waals surface area contributed by atoms with E-state index in [0.717, 1.165) is 24.0 Å². The third kappa shape index (κ3) is 15.2. The molecule has 1 aliphatic heterocycles. The SMILES string of the molecule is C=CCOC(=O)[C@@H](C)C[C@H](Cc1ccccc1)NC(=O)C1=CSC(C)([C@@H](CC(=C(C)C)N(C)C(=O)OC(C)(C)C)OC(=O)CC(C)(CC)CC(C)(C)C)N1. The normalized spacial score (nSPS) is 18.4. The summed E-state index contributed by atoms with van der Waals surface area (Å²) in [6, 6.07) is 9.40. The fourth-order valence-corrected chi connectivity index (χ4v) is 7.70. The summed E-state index contributed by atoms with van der Waals surface area (Å²) < 4.78 is 17.4. The van der Waals surface area contributed by atoms with Crippen LogP contribution in [0.5, 0.6) is 0 Å². The number of carbonyl (C=O) groups is 4. The van der Waals surface area contributed by atoms with Gasteiger partial charge in [0.2, 0.25) is 0 Å². The number of hydrogen-bond acceptors (Lipinski definition) is 9. The standard InChI is InChI=1S/C43H67N3O7S/c1-15-22-51-38(49)30(5)23-32(24-31-20-18-17-19-21-31)44-37(48)33-27-54-43(13,45-33)35(52-36(47)26-42(12,16-2)28-40(6,7)8)25-34(29(3)4)46(14)39(50)53-41(9,10)11/h15,17-21,27,30,32,35,45H,1,16,22-26,28H2,2-14H3,(H,44,48)/t30-,32+,35+,42?,43?/m0/s1. The van der Waals surface area contributed by atoms with Crippen LogP contribution >= 0.6 is 11.8 Å². The molecule has 0 saturated carbocycles. The number of esters is 2. The summed E-state index contributed by atoms with van der Waals surface area (Å²) >= 11 is 1.36. The maximum absolute atomic E-state index is 14.0. The molecule has 302 valence electrons. The molecule has 0 fully saturated rings. The highest BCUT2D eigenvalue weighted by Crippen LogP contribution is 2.42. The van der Waals surface area contributed by atoms with Gasteiger partial charge in [-0.05, 0) is 77.2 Å². The van der Waals surface area contributed by atoms with Gasteiger partial charge in [0, 0.05) is 30.6 Å². The van der Waals surface area contributed by atoms with Gasteiger partial charge in [0.1, 0.15) is 28.9 Å². The van der Waals surface area contributed by atoms with Crippen LogP contribution in [0.3, 0.4) is 0 Å². The lowest BCUT2D eigenvalue weighted by Crippen LogP contribution is -2.51. The Hall–Kier alpha value is -3.73. The summed E-state index contributed by atoms with van der Waals surface area (Å²) in [6.07, 6.45) is 3.13. The zero-order valence-electron chi connectivity index (χ0n) is 35.1. The molecular weight excluding hydrogens is 703 g/mol. The van der Waals surface area contributed by atoms with Crippen LogP contribution < -0.4 is 10.6 Å². The summed E-state index contributed by atoms with van der Waals surface area (Å²) in [5, 5.41) is 8.27. The highest BCUT2D eigenvalue weighted by atomic mass is 32.2. The van der Waals surface area contributed by atoms with Gasteiger partial charge in [-0.15, -0.1) is 0 Å². The molecule has 11 heteroatoms. The molecule has 2 amide bonds. The molecule has 1 heterocycles. The lowest BCUT2D eigenvalue weighted by molar-refractivity contribution is -0.154. The van der Waals surface area contributed by atoms with Crippen molar-refractivity contribution in [2.45, 2.75) is 144 Å². The third-order valence-corrected chi connectivity index (χ3v) is 10.6. The Morgan fingerprint density at radius 3 is 2.22 bits per heavy atom. The fraction of sp³-hybridized carbons (Fsp3) is 0.628. The predicted octanol–water partition coefficient (Wildman–Crippen LogP) is 9.07. The second kappa shape index (κ2) is 19.7. The molecule has 10 nitrogen and oxygen atoms in total. The van der Waals surface area contributed by atoms with Gasteiger partial charge in [0.05, 0.1) is 12.3 Å². The second-order valence-electron chi connectivity index (χ2n) is 17.5. The Balaban J connectivity index is 2.41. The summed E-state index contributed by atoms with van der Waals surface area (Å²) in [5.74, 6) is -1.52. The number of benzene rings is 1. The maximum Gasteiger partial charge on any atom is 0.414 e. The van der Waals surface area contributed by atoms with Gasteiger partial charge >= 0.3 is 18.0 Å². The first-order valence-electron chi connectivity index (χ1n) is 19.0. The first kappa shape index (κ1) is 46.4. The molecule has 2 rings (SSSR count). The molecule has 2 N–H and O–H groups in total. The number of hydrogen-bond donors (Lipinski definition) is 2. The zero-order chi connectivity index (χ0) is 41.1. The number of rotatable bonds is 18. The maximum atomic E-state index is 14.0. The quantitative estimate of drug-likeness (QED) is 0.0855. The number of nitrogens with zero attached hydrogens (tertiary/aromatic N) is 1. The van der Waals surface area contributed by atoms with E-state index in [9.17, 15) is 19.2 Å². The van der Waals surface area contributed by atoms with Crippen LogP contribution in [0.15, 0.2) is 65.4 Å². The third-order valence-electron chi connectivity index (χ3n) is 9.39. The summed E-state index contributed by atoms with van der Waals surface area (Å²) in [6.45, 7) is 27.4. The number of carbonyl (C=O) groups excluding carboxylic acids is 4. The van der Waals surface area contributed by atoms with Crippen molar-refractivity contribution >= 4 is 35.7 Å². The Bertz CT molecular complexity index is 1520. The Morgan fingerprint density at radius 2 is 1.69 bits per heavy atom. The van der Waals surface area contributed by atoms with Crippen molar-refractivity contribution in [3.63, 3.8) is 0 Å². The van der Waals surface area contributed by atoms with E-state index in [1.54, 1.807) is 19.4 Å². The van der Waals surface area contributed by atoms with E-state index in [0.29, 0.717) is 24.2 Å². The largest absolute Gasteiger partial charge is 0.461 e. The molecule has 2 unspecified atom stereocenters. The molecule has 0 bridgehead atoms. The molecule has 1 aromatic rings. The molecule has 0 spiro atoms. The van der Waals surface area contributed by atoms with Crippen molar-refractivity contribution in [3.8, 4) is 0 Å². The fourth-order valence-electron chi connectivity index (χ4n) is 6.72.